The van der Waals surface area contributed by atoms with Crippen molar-refractivity contribution in [1.82, 2.24) is 0 Å². The average Bonchev–Trinajstić information content (AvgIpc) is 0.675. The second kappa shape index (κ2) is 29.4. The Morgan fingerprint density at radius 3 is 1.45 bits per heavy atom. The molecule has 0 aromatic rings. The minimum atomic E-state index is -2.17. The minimum absolute atomic E-state index is 0.0598. The summed E-state index contributed by atoms with van der Waals surface area (Å²) in [6.07, 6.45) is -45.4. The summed E-state index contributed by atoms with van der Waals surface area (Å²) in [5.41, 5.74) is -2.12. The van der Waals surface area contributed by atoms with Crippen molar-refractivity contribution in [1.29, 1.82) is 0 Å². The zero-order valence-corrected chi connectivity index (χ0v) is 55.9. The quantitative estimate of drug-likeness (QED) is 0.0345. The molecule has 0 bridgehead atoms. The van der Waals surface area contributed by atoms with E-state index in [9.17, 15) is 107 Å². The Labute approximate surface area is 566 Å². The van der Waals surface area contributed by atoms with Gasteiger partial charge < -0.3 is 159 Å². The molecule has 33 heteroatoms. The Morgan fingerprint density at radius 2 is 0.908 bits per heavy atom. The van der Waals surface area contributed by atoms with E-state index in [4.69, 9.17) is 56.8 Å². The number of esters is 1. The van der Waals surface area contributed by atoms with E-state index in [0.717, 1.165) is 12.8 Å². The fourth-order valence-corrected chi connectivity index (χ4v) is 19.2. The molecular formula is C65H106O33. The predicted octanol–water partition coefficient (Wildman–Crippen LogP) is -6.78. The van der Waals surface area contributed by atoms with Gasteiger partial charge in [-0.2, -0.15) is 0 Å². The zero-order valence-electron chi connectivity index (χ0n) is 55.9. The van der Waals surface area contributed by atoms with Crippen molar-refractivity contribution < 1.29 is 164 Å². The van der Waals surface area contributed by atoms with Gasteiger partial charge in [0.1, 0.15) is 140 Å². The van der Waals surface area contributed by atoms with Crippen LogP contribution in [0.5, 0.6) is 0 Å². The van der Waals surface area contributed by atoms with Gasteiger partial charge in [0.15, 0.2) is 31.5 Å². The van der Waals surface area contributed by atoms with Gasteiger partial charge in [-0.05, 0) is 104 Å². The molecule has 20 N–H and O–H groups in total. The normalized spacial score (nSPS) is 54.3. The van der Waals surface area contributed by atoms with Gasteiger partial charge in [0.25, 0.3) is 0 Å². The molecule has 38 atom stereocenters. The van der Waals surface area contributed by atoms with Crippen molar-refractivity contribution in [3.63, 3.8) is 0 Å². The lowest BCUT2D eigenvalue weighted by Gasteiger charge is -2.71. The molecule has 564 valence electrons. The van der Waals surface area contributed by atoms with Crippen LogP contribution in [0.25, 0.3) is 0 Å². The molecular weight excluding hydrogens is 1310 g/mol. The molecule has 0 aromatic carbocycles. The van der Waals surface area contributed by atoms with Crippen LogP contribution in [0.3, 0.4) is 0 Å². The average molecular weight is 1420 g/mol. The summed E-state index contributed by atoms with van der Waals surface area (Å²) in [5, 5.41) is 219. The van der Waals surface area contributed by atoms with Gasteiger partial charge in [-0.1, -0.05) is 53.2 Å². The third-order valence-electron chi connectivity index (χ3n) is 25.4. The Bertz CT molecular complexity index is 2730. The fraction of sp³-hybridized carbons (Fsp3) is 0.954. The van der Waals surface area contributed by atoms with Crippen LogP contribution in [0, 0.1) is 50.2 Å². The van der Waals surface area contributed by atoms with E-state index < -0.39 is 252 Å². The van der Waals surface area contributed by atoms with E-state index in [1.807, 2.05) is 6.92 Å². The number of aliphatic hydroxyl groups excluding tert-OH is 20. The summed E-state index contributed by atoms with van der Waals surface area (Å²) >= 11 is 0. The van der Waals surface area contributed by atoms with Gasteiger partial charge in [-0.15, -0.1) is 0 Å². The number of ether oxygens (including phenoxy) is 12. The molecule has 6 saturated heterocycles. The standard InChI is InChI=1S/C65H106O33/c1-60(2)13-15-65(59(86)98-55-44(81)41(78)37(74)28(18-66)88-55)16-14-63(5)25(26(65)17-60)7-8-34-61(3)11-10-35(62(4,24-71)33(61)9-12-64(34,63)6)93-56-46(83)51(39(76)29(19-67)89-56)96-54-45(82)42(79)49(32(22-70)92-54)94-57-48(85)52(40(77)31(21-69)90-57)97-58-47(84)50(38(75)30(20-68)91-58)95-53-43(80)36(73)27(72)23-87-53/h7,26-58,66-85H,8-24H2,1-6H3/t26-,27+,28+,29+,30+,31+,32+,33+,34+,35-,36-,37+,38-,39+,40-,41-,42+,43+,44+,45+,46+,47+,48+,49-,50-,51-,52-,53-,54-,55-,56-,57-,58-,61-,62-,63+,64+,65-/m0/s1. The number of fused-ring (bicyclic) bond motifs is 7. The van der Waals surface area contributed by atoms with E-state index in [1.165, 1.54) is 5.57 Å². The lowest BCUT2D eigenvalue weighted by atomic mass is 9.33. The molecule has 0 aromatic heterocycles. The monoisotopic (exact) mass is 1410 g/mol. The topological polar surface area (TPSA) is 532 Å². The predicted molar refractivity (Wildman–Crippen MR) is 323 cm³/mol. The van der Waals surface area contributed by atoms with E-state index >= 15 is 0 Å². The first-order valence-electron chi connectivity index (χ1n) is 34.4. The zero-order chi connectivity index (χ0) is 71.4. The first-order valence-corrected chi connectivity index (χ1v) is 34.4. The molecule has 33 nitrogen and oxygen atoms in total. The Balaban J connectivity index is 0.761. The summed E-state index contributed by atoms with van der Waals surface area (Å²) in [6, 6.07) is 0. The van der Waals surface area contributed by atoms with Crippen LogP contribution >= 0.6 is 0 Å². The first kappa shape index (κ1) is 77.1. The third kappa shape index (κ3) is 13.1. The van der Waals surface area contributed by atoms with Crippen LogP contribution < -0.4 is 0 Å². The highest BCUT2D eigenvalue weighted by Crippen LogP contribution is 2.76. The Morgan fingerprint density at radius 1 is 0.449 bits per heavy atom. The first-order chi connectivity index (χ1) is 46.2. The van der Waals surface area contributed by atoms with E-state index in [1.54, 1.807) is 0 Å². The molecule has 11 aliphatic rings. The molecule has 0 unspecified atom stereocenters. The highest BCUT2D eigenvalue weighted by atomic mass is 16.8. The van der Waals surface area contributed by atoms with Gasteiger partial charge in [-0.3, -0.25) is 4.79 Å². The molecule has 4 saturated carbocycles. The van der Waals surface area contributed by atoms with Crippen molar-refractivity contribution in [3.8, 4) is 0 Å². The molecule has 0 radical (unpaired) electrons. The van der Waals surface area contributed by atoms with Crippen LogP contribution in [0.15, 0.2) is 11.6 Å². The summed E-state index contributed by atoms with van der Waals surface area (Å²) in [4.78, 5) is 14.8. The van der Waals surface area contributed by atoms with Gasteiger partial charge in [0.2, 0.25) is 6.29 Å². The highest BCUT2D eigenvalue weighted by Gasteiger charge is 2.71. The second-order valence-electron chi connectivity index (χ2n) is 31.3. The number of hydrogen-bond donors (Lipinski definition) is 20. The maximum absolute atomic E-state index is 14.8. The molecule has 5 aliphatic carbocycles. The number of hydrogen-bond acceptors (Lipinski definition) is 33. The van der Waals surface area contributed by atoms with Crippen molar-refractivity contribution in [2.75, 3.05) is 46.2 Å². The van der Waals surface area contributed by atoms with Gasteiger partial charge in [0.05, 0.1) is 57.8 Å². The SMILES string of the molecule is CC1(C)CC[C@]2(C(=O)O[C@@H]3O[C@H](CO)[C@@H](O)[C@H](O)[C@H]3O)CC[C@]3(C)C(=CC[C@@H]4[C@@]5(C)CC[C@H](O[C@@H]6O[C@H](CO)[C@@H](O)[C@H](O[C@@H]7O[C@H](CO)[C@H](O[C@@H]8O[C@H](CO)[C@H](O)[C@H](O[C@@H]9O[C@H](CO)[C@H](O)[C@H](O[C@@H]%10OC[C@@H](O)[C@H](O)[C@H]%10O)[C@H]9O)[C@H]8O)[C@H](O)[C@H]7O)[C@H]6O)[C@@](C)(CO)[C@@H]5CC[C@]43C)[C@@H]2C1. The van der Waals surface area contributed by atoms with Crippen LogP contribution in [-0.4, -0.2) is 339 Å². The maximum Gasteiger partial charge on any atom is 0.315 e. The van der Waals surface area contributed by atoms with Gasteiger partial charge in [0, 0.05) is 5.41 Å². The molecule has 0 spiro atoms. The number of aliphatic hydroxyl groups is 20. The van der Waals surface area contributed by atoms with E-state index in [-0.39, 0.29) is 35.2 Å². The Hall–Kier alpha value is -2.03. The fourth-order valence-electron chi connectivity index (χ4n) is 19.2. The summed E-state index contributed by atoms with van der Waals surface area (Å²) in [7, 11) is 0. The van der Waals surface area contributed by atoms with E-state index in [2.05, 4.69) is 40.7 Å². The van der Waals surface area contributed by atoms with Crippen LogP contribution in [0.4, 0.5) is 0 Å². The molecule has 10 fully saturated rings. The molecule has 6 aliphatic heterocycles. The largest absolute Gasteiger partial charge is 0.432 e. The van der Waals surface area contributed by atoms with Crippen molar-refractivity contribution >= 4 is 5.97 Å². The molecule has 6 heterocycles. The molecule has 98 heavy (non-hydrogen) atoms. The van der Waals surface area contributed by atoms with Crippen molar-refractivity contribution in [2.24, 2.45) is 50.2 Å². The minimum Gasteiger partial charge on any atom is -0.432 e. The van der Waals surface area contributed by atoms with Crippen LogP contribution in [-0.2, 0) is 61.6 Å². The smallest absolute Gasteiger partial charge is 0.315 e. The van der Waals surface area contributed by atoms with Gasteiger partial charge in [-0.25, -0.2) is 0 Å². The molecule has 0 amide bonds. The summed E-state index contributed by atoms with van der Waals surface area (Å²) < 4.78 is 70.3. The molecule has 11 rings (SSSR count). The lowest BCUT2D eigenvalue weighted by Crippen LogP contribution is -2.68. The second-order valence-corrected chi connectivity index (χ2v) is 31.3. The highest BCUT2D eigenvalue weighted by molar-refractivity contribution is 5.79. The number of rotatable bonds is 18. The van der Waals surface area contributed by atoms with Gasteiger partial charge >= 0.3 is 5.97 Å². The number of carbonyl (C=O) groups is 1. The Kier molecular flexibility index (Phi) is 23.1. The van der Waals surface area contributed by atoms with E-state index in [0.29, 0.717) is 51.4 Å². The van der Waals surface area contributed by atoms with Crippen LogP contribution in [0.1, 0.15) is 106 Å². The van der Waals surface area contributed by atoms with Crippen molar-refractivity contribution in [3.05, 3.63) is 11.6 Å². The summed E-state index contributed by atoms with van der Waals surface area (Å²) in [5.74, 6) is -0.938. The number of allylic oxidation sites excluding steroid dienone is 2. The maximum atomic E-state index is 14.8. The lowest BCUT2D eigenvalue weighted by molar-refractivity contribution is -0.395. The third-order valence-corrected chi connectivity index (χ3v) is 25.4. The number of carbonyl (C=O) groups excluding carboxylic acids is 1. The van der Waals surface area contributed by atoms with Crippen LogP contribution in [0.2, 0.25) is 0 Å². The summed E-state index contributed by atoms with van der Waals surface area (Å²) in [6.45, 7) is 7.88. The van der Waals surface area contributed by atoms with Crippen molar-refractivity contribution in [2.45, 2.75) is 290 Å².